The number of halogens is 2. The number of ether oxygens (including phenoxy) is 1. The van der Waals surface area contributed by atoms with Gasteiger partial charge in [0.1, 0.15) is 30.5 Å². The zero-order valence-corrected chi connectivity index (χ0v) is 25.0. The van der Waals surface area contributed by atoms with Crippen molar-refractivity contribution in [2.45, 2.75) is 37.0 Å². The fourth-order valence-corrected chi connectivity index (χ4v) is 8.12. The van der Waals surface area contributed by atoms with Crippen LogP contribution in [0.25, 0.3) is 37.0 Å². The molecule has 226 valence electrons. The second kappa shape index (κ2) is 11.4. The maximum atomic E-state index is 16.0. The highest BCUT2D eigenvalue weighted by molar-refractivity contribution is 7.17. The summed E-state index contributed by atoms with van der Waals surface area (Å²) in [6, 6.07) is 10.8. The number of aromatic nitrogens is 2. The number of alkyl halides is 1. The van der Waals surface area contributed by atoms with Crippen molar-refractivity contribution in [1.82, 2.24) is 19.8 Å². The predicted molar refractivity (Wildman–Crippen MR) is 168 cm³/mol. The Morgan fingerprint density at radius 3 is 2.93 bits per heavy atom. The molecule has 1 amide bonds. The summed E-state index contributed by atoms with van der Waals surface area (Å²) in [5.74, 6) is -0.132. The van der Waals surface area contributed by atoms with Crippen molar-refractivity contribution in [3.8, 4) is 17.1 Å². The largest absolute Gasteiger partial charge is 0.461 e. The van der Waals surface area contributed by atoms with Crippen LogP contribution in [0, 0.1) is 12.4 Å². The van der Waals surface area contributed by atoms with Gasteiger partial charge in [-0.05, 0) is 54.4 Å². The fourth-order valence-electron chi connectivity index (χ4n) is 7.19. The lowest BCUT2D eigenvalue weighted by molar-refractivity contribution is -0.128. The van der Waals surface area contributed by atoms with E-state index in [0.717, 1.165) is 35.0 Å². The van der Waals surface area contributed by atoms with E-state index in [9.17, 15) is 9.18 Å². The number of nitrogens with zero attached hydrogens (tertiary/aromatic N) is 6. The Balaban J connectivity index is 1.31. The number of carbonyl (C=O) groups excluding carboxylic acids is 1. The number of amides is 1. The van der Waals surface area contributed by atoms with E-state index in [0.29, 0.717) is 54.9 Å². The van der Waals surface area contributed by atoms with Crippen LogP contribution in [0.1, 0.15) is 19.3 Å². The van der Waals surface area contributed by atoms with Gasteiger partial charge in [-0.15, -0.1) is 11.3 Å². The van der Waals surface area contributed by atoms with E-state index < -0.39 is 12.0 Å². The average Bonchev–Trinajstić information content (AvgIpc) is 3.73. The third-order valence-electron chi connectivity index (χ3n) is 9.29. The molecule has 3 fully saturated rings. The van der Waals surface area contributed by atoms with Crippen LogP contribution in [-0.2, 0) is 4.79 Å². The Labute approximate surface area is 258 Å². The lowest BCUT2D eigenvalue weighted by Gasteiger charge is -2.39. The molecule has 0 radical (unpaired) electrons. The number of fused-ring (bicyclic) bond motifs is 3. The van der Waals surface area contributed by atoms with Crippen LogP contribution in [0.5, 0.6) is 6.01 Å². The van der Waals surface area contributed by atoms with E-state index in [1.807, 2.05) is 34.5 Å². The Morgan fingerprint density at radius 1 is 1.20 bits per heavy atom. The van der Waals surface area contributed by atoms with E-state index in [4.69, 9.17) is 21.3 Å². The second-order valence-corrected chi connectivity index (χ2v) is 12.8. The Hall–Kier alpha value is -4.14. The van der Waals surface area contributed by atoms with E-state index in [1.165, 1.54) is 12.1 Å². The van der Waals surface area contributed by atoms with Crippen molar-refractivity contribution in [2.75, 3.05) is 50.8 Å². The smallest absolute Gasteiger partial charge is 0.319 e. The highest BCUT2D eigenvalue weighted by Gasteiger charge is 2.49. The Bertz CT molecular complexity index is 1810. The summed E-state index contributed by atoms with van der Waals surface area (Å²) < 4.78 is 37.7. The second-order valence-electron chi connectivity index (χ2n) is 11.9. The van der Waals surface area contributed by atoms with Crippen LogP contribution in [0.2, 0.25) is 0 Å². The molecule has 2 aromatic carbocycles. The minimum Gasteiger partial charge on any atom is -0.461 e. The topological polar surface area (TPSA) is 66.2 Å². The van der Waals surface area contributed by atoms with Crippen molar-refractivity contribution in [3.63, 3.8) is 0 Å². The summed E-state index contributed by atoms with van der Waals surface area (Å²) in [6.45, 7) is 13.9. The molecule has 0 spiro atoms. The van der Waals surface area contributed by atoms with Crippen LogP contribution >= 0.6 is 11.3 Å². The molecule has 0 aliphatic carbocycles. The highest BCUT2D eigenvalue weighted by Crippen LogP contribution is 2.41. The molecule has 3 aliphatic heterocycles. The van der Waals surface area contributed by atoms with Gasteiger partial charge in [-0.2, -0.15) is 9.97 Å². The van der Waals surface area contributed by atoms with Gasteiger partial charge in [-0.1, -0.05) is 24.8 Å². The van der Waals surface area contributed by atoms with Gasteiger partial charge >= 0.3 is 6.01 Å². The number of anilines is 1. The number of carbonyl (C=O) groups is 1. The van der Waals surface area contributed by atoms with Crippen LogP contribution in [0.15, 0.2) is 54.4 Å². The lowest BCUT2D eigenvalue weighted by Crippen LogP contribution is -2.56. The highest BCUT2D eigenvalue weighted by atomic mass is 32.1. The molecule has 2 aromatic heterocycles. The molecule has 0 N–H and O–H groups in total. The zero-order valence-electron chi connectivity index (χ0n) is 24.2. The first-order chi connectivity index (χ1) is 21.4. The van der Waals surface area contributed by atoms with Gasteiger partial charge in [0.05, 0.1) is 11.1 Å². The first-order valence-electron chi connectivity index (χ1n) is 14.9. The van der Waals surface area contributed by atoms with Crippen LogP contribution < -0.4 is 9.64 Å². The molecule has 11 heteroatoms. The third kappa shape index (κ3) is 4.96. The molecular weight excluding hydrogens is 582 g/mol. The normalized spacial score (nSPS) is 23.7. The summed E-state index contributed by atoms with van der Waals surface area (Å²) in [6.07, 6.45) is 2.65. The Morgan fingerprint density at radius 2 is 2.09 bits per heavy atom. The molecule has 7 rings (SSSR count). The molecule has 1 unspecified atom stereocenters. The zero-order chi connectivity index (χ0) is 30.4. The SMILES string of the molecule is [C-]#[N+]C[C@H]1CN(c2nc(OCC34CCCN3C[C@H](F)C4)nc3cc(-c4cccc5ccsc45)c(F)cc23)CCN1C(=O)C=C. The molecule has 3 saturated heterocycles. The predicted octanol–water partition coefficient (Wildman–Crippen LogP) is 5.73. The molecule has 0 saturated carbocycles. The standard InChI is InChI=1S/C33H32F2N6O2S/c1-3-29(42)41-12-11-39(19-23(41)17-36-2)31-26-14-27(35)25(24-7-4-6-21-8-13-44-30(21)24)15-28(26)37-32(38-31)43-20-33-9-5-10-40(33)18-22(34)16-33/h3-4,6-8,13-15,22-23H,1,5,9-12,16-20H2/t22-,23+,33?/m1/s1. The summed E-state index contributed by atoms with van der Waals surface area (Å²) in [5.41, 5.74) is 1.37. The molecule has 3 atom stereocenters. The molecule has 8 nitrogen and oxygen atoms in total. The van der Waals surface area contributed by atoms with E-state index in [2.05, 4.69) is 16.3 Å². The van der Waals surface area contributed by atoms with Gasteiger partial charge in [0, 0.05) is 53.8 Å². The summed E-state index contributed by atoms with van der Waals surface area (Å²) >= 11 is 1.56. The van der Waals surface area contributed by atoms with Gasteiger partial charge in [-0.3, -0.25) is 9.69 Å². The first-order valence-corrected chi connectivity index (χ1v) is 15.8. The number of hydrogen-bond donors (Lipinski definition) is 0. The van der Waals surface area contributed by atoms with E-state index in [-0.39, 0.29) is 36.7 Å². The van der Waals surface area contributed by atoms with Crippen molar-refractivity contribution in [3.05, 3.63) is 71.7 Å². The maximum absolute atomic E-state index is 16.0. The molecule has 4 aromatic rings. The van der Waals surface area contributed by atoms with Gasteiger partial charge < -0.3 is 19.4 Å². The van der Waals surface area contributed by atoms with Crippen LogP contribution in [0.4, 0.5) is 14.6 Å². The average molecular weight is 615 g/mol. The van der Waals surface area contributed by atoms with Gasteiger partial charge in [-0.25, -0.2) is 15.4 Å². The first kappa shape index (κ1) is 28.6. The van der Waals surface area contributed by atoms with Crippen molar-refractivity contribution >= 4 is 44.1 Å². The minimum absolute atomic E-state index is 0.120. The molecule has 44 heavy (non-hydrogen) atoms. The van der Waals surface area contributed by atoms with E-state index >= 15 is 4.39 Å². The summed E-state index contributed by atoms with van der Waals surface area (Å²) in [5, 5.41) is 3.56. The number of hydrogen-bond acceptors (Lipinski definition) is 7. The number of rotatable bonds is 7. The quantitative estimate of drug-likeness (QED) is 0.196. The monoisotopic (exact) mass is 614 g/mol. The van der Waals surface area contributed by atoms with Crippen molar-refractivity contribution < 1.29 is 18.3 Å². The van der Waals surface area contributed by atoms with Crippen LogP contribution in [0.3, 0.4) is 0 Å². The number of benzene rings is 2. The lowest BCUT2D eigenvalue weighted by atomic mass is 9.95. The maximum Gasteiger partial charge on any atom is 0.319 e. The molecule has 5 heterocycles. The van der Waals surface area contributed by atoms with Gasteiger partial charge in [0.15, 0.2) is 0 Å². The summed E-state index contributed by atoms with van der Waals surface area (Å²) in [7, 11) is 0. The van der Waals surface area contributed by atoms with Gasteiger partial charge in [0.2, 0.25) is 12.5 Å². The van der Waals surface area contributed by atoms with Crippen molar-refractivity contribution in [2.24, 2.45) is 0 Å². The van der Waals surface area contributed by atoms with Crippen molar-refractivity contribution in [1.29, 1.82) is 0 Å². The molecule has 3 aliphatic rings. The van der Waals surface area contributed by atoms with Gasteiger partial charge in [0.25, 0.3) is 0 Å². The number of thiophene rings is 1. The molecule has 0 bridgehead atoms. The van der Waals surface area contributed by atoms with Crippen LogP contribution in [-0.4, -0.2) is 89.3 Å². The summed E-state index contributed by atoms with van der Waals surface area (Å²) in [4.78, 5) is 31.5. The Kier molecular flexibility index (Phi) is 7.42. The number of piperazine rings is 1. The third-order valence-corrected chi connectivity index (χ3v) is 10.2. The molecular formula is C33H32F2N6O2S. The minimum atomic E-state index is -0.883. The fraction of sp³-hybridized carbons (Fsp3) is 0.394. The van der Waals surface area contributed by atoms with E-state index in [1.54, 1.807) is 22.3 Å².